The molecule has 2 bridgehead atoms. The summed E-state index contributed by atoms with van der Waals surface area (Å²) in [5.74, 6) is -0.919. The number of carbonyl (C=O) groups excluding carboxylic acids is 2. The maximum Gasteiger partial charge on any atom is 0.411 e. The van der Waals surface area contributed by atoms with Crippen molar-refractivity contribution < 1.29 is 31.9 Å². The Hall–Kier alpha value is -4.99. The van der Waals surface area contributed by atoms with Crippen molar-refractivity contribution >= 4 is 29.6 Å². The molecule has 0 spiro atoms. The molecule has 17 heteroatoms. The van der Waals surface area contributed by atoms with Crippen LogP contribution in [0, 0.1) is 5.41 Å². The van der Waals surface area contributed by atoms with Crippen LogP contribution in [-0.2, 0) is 15.1 Å². The maximum absolute atomic E-state index is 16.3. The monoisotopic (exact) mass is 753 g/mol. The fourth-order valence-corrected chi connectivity index (χ4v) is 7.35. The van der Waals surface area contributed by atoms with Gasteiger partial charge in [0.05, 0.1) is 29.0 Å². The average molecular weight is 754 g/mol. The van der Waals surface area contributed by atoms with Gasteiger partial charge >= 0.3 is 12.3 Å². The quantitative estimate of drug-likeness (QED) is 0.152. The lowest BCUT2D eigenvalue weighted by Crippen LogP contribution is -2.49. The predicted octanol–water partition coefficient (Wildman–Crippen LogP) is 7.08. The van der Waals surface area contributed by atoms with Gasteiger partial charge in [-0.25, -0.2) is 23.8 Å². The number of fused-ring (bicyclic) bond motifs is 5. The van der Waals surface area contributed by atoms with Crippen molar-refractivity contribution in [1.82, 2.24) is 40.1 Å². The van der Waals surface area contributed by atoms with Gasteiger partial charge in [-0.05, 0) is 66.3 Å². The number of amides is 2. The summed E-state index contributed by atoms with van der Waals surface area (Å²) in [5, 5.41) is 14.1. The highest BCUT2D eigenvalue weighted by molar-refractivity contribution is 6.32. The Balaban J connectivity index is 1.22. The number of ether oxygens (including phenoxy) is 1. The van der Waals surface area contributed by atoms with Gasteiger partial charge in [-0.2, -0.15) is 23.4 Å². The normalized spacial score (nSPS) is 24.4. The van der Waals surface area contributed by atoms with Crippen LogP contribution in [-0.4, -0.2) is 65.7 Å². The number of benzene rings is 2. The van der Waals surface area contributed by atoms with Gasteiger partial charge in [0.15, 0.2) is 5.82 Å². The molecular formula is C36H36ClF4N9O3. The minimum absolute atomic E-state index is 0.173. The Morgan fingerprint density at radius 2 is 1.81 bits per heavy atom. The van der Waals surface area contributed by atoms with E-state index in [1.54, 1.807) is 18.3 Å². The van der Waals surface area contributed by atoms with E-state index >= 15 is 9.18 Å². The van der Waals surface area contributed by atoms with E-state index in [1.165, 1.54) is 15.6 Å². The minimum Gasteiger partial charge on any atom is -0.447 e. The van der Waals surface area contributed by atoms with Crippen LogP contribution in [0.5, 0.6) is 0 Å². The molecule has 2 aliphatic heterocycles. The molecule has 2 amide bonds. The molecule has 2 N–H and O–H groups in total. The van der Waals surface area contributed by atoms with Crippen LogP contribution in [0.15, 0.2) is 66.2 Å². The van der Waals surface area contributed by atoms with E-state index in [0.29, 0.717) is 17.2 Å². The van der Waals surface area contributed by atoms with Crippen LogP contribution in [0.1, 0.15) is 88.2 Å². The third-order valence-corrected chi connectivity index (χ3v) is 10.4. The Labute approximate surface area is 306 Å². The zero-order chi connectivity index (χ0) is 37.5. The van der Waals surface area contributed by atoms with E-state index in [-0.39, 0.29) is 41.8 Å². The van der Waals surface area contributed by atoms with E-state index in [2.05, 4.69) is 25.5 Å². The fraction of sp³-hybridized carbons (Fsp3) is 0.444. The number of halogens is 5. The second kappa shape index (κ2) is 12.3. The molecule has 3 fully saturated rings. The first-order valence-electron chi connectivity index (χ1n) is 17.3. The lowest BCUT2D eigenvalue weighted by Gasteiger charge is -2.35. The first-order chi connectivity index (χ1) is 25.1. The first-order valence-corrected chi connectivity index (χ1v) is 17.7. The molecule has 3 atom stereocenters. The van der Waals surface area contributed by atoms with Gasteiger partial charge in [0, 0.05) is 11.8 Å². The van der Waals surface area contributed by atoms with Gasteiger partial charge in [-0.3, -0.25) is 14.4 Å². The predicted molar refractivity (Wildman–Crippen MR) is 185 cm³/mol. The number of carbonyl (C=O) groups is 2. The zero-order valence-corrected chi connectivity index (χ0v) is 29.7. The second-order valence-corrected chi connectivity index (χ2v) is 15.7. The van der Waals surface area contributed by atoms with Crippen molar-refractivity contribution in [2.75, 3.05) is 6.61 Å². The van der Waals surface area contributed by atoms with Crippen molar-refractivity contribution in [1.29, 1.82) is 0 Å². The summed E-state index contributed by atoms with van der Waals surface area (Å²) in [5.41, 5.74) is -1.41. The Morgan fingerprint density at radius 3 is 2.47 bits per heavy atom. The topological polar surface area (TPSA) is 132 Å². The van der Waals surface area contributed by atoms with Gasteiger partial charge in [-0.15, -0.1) is 0 Å². The van der Waals surface area contributed by atoms with Crippen molar-refractivity contribution in [2.24, 2.45) is 10.4 Å². The molecule has 1 unspecified atom stereocenters. The number of aromatic nitrogens is 5. The third kappa shape index (κ3) is 6.29. The molecule has 1 saturated heterocycles. The van der Waals surface area contributed by atoms with Crippen LogP contribution in [0.2, 0.25) is 5.02 Å². The Morgan fingerprint density at radius 1 is 1.08 bits per heavy atom. The van der Waals surface area contributed by atoms with Crippen LogP contribution in [0.4, 0.5) is 22.4 Å². The number of alkyl halides is 4. The van der Waals surface area contributed by atoms with E-state index in [0.717, 1.165) is 30.3 Å². The van der Waals surface area contributed by atoms with Crippen LogP contribution in [0.25, 0.3) is 16.8 Å². The lowest BCUT2D eigenvalue weighted by molar-refractivity contribution is -0.164. The highest BCUT2D eigenvalue weighted by Crippen LogP contribution is 2.49. The summed E-state index contributed by atoms with van der Waals surface area (Å²) in [7, 11) is 0. The molecular weight excluding hydrogens is 718 g/mol. The summed E-state index contributed by atoms with van der Waals surface area (Å²) in [6.45, 7) is 5.28. The highest BCUT2D eigenvalue weighted by Gasteiger charge is 2.65. The summed E-state index contributed by atoms with van der Waals surface area (Å²) in [6.07, 6.45) is -1.37. The molecule has 2 aromatic carbocycles. The van der Waals surface area contributed by atoms with E-state index in [9.17, 15) is 18.0 Å². The van der Waals surface area contributed by atoms with Gasteiger partial charge in [0.1, 0.15) is 24.0 Å². The molecule has 2 saturated carbocycles. The summed E-state index contributed by atoms with van der Waals surface area (Å²) < 4.78 is 66.0. The number of aliphatic imine (C=N–C) groups is 1. The molecule has 53 heavy (non-hydrogen) atoms. The molecule has 4 aromatic rings. The molecule has 2 aromatic heterocycles. The second-order valence-electron chi connectivity index (χ2n) is 15.3. The van der Waals surface area contributed by atoms with Crippen LogP contribution >= 0.6 is 11.6 Å². The van der Waals surface area contributed by atoms with E-state index in [4.69, 9.17) is 16.3 Å². The molecule has 12 nitrogen and oxygen atoms in total. The largest absolute Gasteiger partial charge is 0.447 e. The lowest BCUT2D eigenvalue weighted by atomic mass is 9.75. The standard InChI is InChI=1S/C36H36ClF4N9O3/c1-33(2,3)18-35(23-7-4-20(5-8-23)22-15-43-48(16-22)24-9-10-24)30(51)49-27(17-53-32(52)47-34(12-13-34)36(39,40)41)21-6-11-25(37)26(14-21)50-29(42-19-44-50)28(38)45-31(49)46-35/h4-8,11,14-16,19,24,27-28H,9-10,12-13,17-18H2,1-3H3,(H,45,46)(H,47,52)/t27-,28?,35-/m1/s1. The zero-order valence-electron chi connectivity index (χ0n) is 29.0. The highest BCUT2D eigenvalue weighted by atomic mass is 35.5. The van der Waals surface area contributed by atoms with Crippen molar-refractivity contribution in [3.05, 3.63) is 83.2 Å². The van der Waals surface area contributed by atoms with E-state index in [1.807, 2.05) is 61.2 Å². The first kappa shape index (κ1) is 35.1. The van der Waals surface area contributed by atoms with Crippen LogP contribution in [0.3, 0.4) is 0 Å². The van der Waals surface area contributed by atoms with Gasteiger partial charge in [-0.1, -0.05) is 62.7 Å². The van der Waals surface area contributed by atoms with Crippen LogP contribution < -0.4 is 10.6 Å². The molecule has 278 valence electrons. The van der Waals surface area contributed by atoms with Gasteiger partial charge in [0.2, 0.25) is 5.96 Å². The number of hydrogen-bond acceptors (Lipinski definition) is 8. The summed E-state index contributed by atoms with van der Waals surface area (Å²) >= 11 is 6.55. The Kier molecular flexibility index (Phi) is 8.13. The number of rotatable bonds is 7. The number of nitrogens with one attached hydrogen (secondary N) is 2. The number of alkyl carbamates (subject to hydrolysis) is 1. The average Bonchev–Trinajstić information content (AvgIpc) is 3.96. The maximum atomic E-state index is 16.3. The number of nitrogens with zero attached hydrogens (tertiary/aromatic N) is 7. The fourth-order valence-electron chi connectivity index (χ4n) is 7.15. The molecule has 4 aliphatic rings. The third-order valence-electron chi connectivity index (χ3n) is 10.1. The minimum atomic E-state index is -4.67. The molecule has 4 heterocycles. The molecule has 8 rings (SSSR count). The van der Waals surface area contributed by atoms with Gasteiger partial charge in [0.25, 0.3) is 12.2 Å². The van der Waals surface area contributed by atoms with Gasteiger partial charge < -0.3 is 15.4 Å². The number of guanidine groups is 1. The Bertz CT molecular complexity index is 2120. The summed E-state index contributed by atoms with van der Waals surface area (Å²) in [6, 6.07) is 11.3. The van der Waals surface area contributed by atoms with Crippen molar-refractivity contribution in [2.45, 2.75) is 88.5 Å². The van der Waals surface area contributed by atoms with Crippen molar-refractivity contribution in [3.8, 4) is 16.8 Å². The number of hydrogen-bond donors (Lipinski definition) is 2. The molecule has 2 aliphatic carbocycles. The summed E-state index contributed by atoms with van der Waals surface area (Å²) in [4.78, 5) is 37.8. The van der Waals surface area contributed by atoms with E-state index < -0.39 is 53.6 Å². The smallest absolute Gasteiger partial charge is 0.411 e. The van der Waals surface area contributed by atoms with Crippen molar-refractivity contribution in [3.63, 3.8) is 0 Å². The molecule has 0 radical (unpaired) electrons. The SMILES string of the molecule is CC(C)(C)C[C@]1(c2ccc(-c3cnn(C4CC4)c3)cc2)N/C2=N\C(F)c3ncnn3-c3cc(ccc3Cl)[C@@H](COC(=O)NC3(C(F)(F)F)CC3)N2C1=O.